The van der Waals surface area contributed by atoms with Gasteiger partial charge in [0.25, 0.3) is 0 Å². The molecule has 0 aliphatic carbocycles. The van der Waals surface area contributed by atoms with E-state index >= 15 is 0 Å². The molecule has 0 saturated heterocycles. The van der Waals surface area contributed by atoms with Crippen LogP contribution in [0.3, 0.4) is 0 Å². The Kier molecular flexibility index (Phi) is 3.78. The van der Waals surface area contributed by atoms with E-state index in [1.54, 1.807) is 0 Å². The predicted octanol–water partition coefficient (Wildman–Crippen LogP) is 4.26. The van der Waals surface area contributed by atoms with Gasteiger partial charge in [-0.1, -0.05) is 15.9 Å². The molecule has 1 aromatic carbocycles. The van der Waals surface area contributed by atoms with Gasteiger partial charge in [-0.3, -0.25) is 4.98 Å². The molecule has 0 unspecified atom stereocenters. The summed E-state index contributed by atoms with van der Waals surface area (Å²) in [4.78, 5) is 4.82. The first-order valence-corrected chi connectivity index (χ1v) is 7.92. The van der Waals surface area contributed by atoms with Crippen molar-refractivity contribution < 1.29 is 4.74 Å². The van der Waals surface area contributed by atoms with Gasteiger partial charge in [-0.15, -0.1) is 0 Å². The first-order valence-electron chi connectivity index (χ1n) is 6.33. The van der Waals surface area contributed by atoms with E-state index in [1.807, 2.05) is 12.1 Å². The lowest BCUT2D eigenvalue weighted by Gasteiger charge is -2.22. The summed E-state index contributed by atoms with van der Waals surface area (Å²) in [5.41, 5.74) is 4.49. The number of halogens is 2. The number of aromatic nitrogens is 1. The predicted molar refractivity (Wildman–Crippen MR) is 84.7 cm³/mol. The molecule has 100 valence electrons. The zero-order valence-electron chi connectivity index (χ0n) is 10.6. The third kappa shape index (κ3) is 2.28. The average molecular weight is 386 g/mol. The summed E-state index contributed by atoms with van der Waals surface area (Å²) < 4.78 is 7.68. The molecule has 1 aliphatic rings. The molecule has 5 heteroatoms. The Labute approximate surface area is 129 Å². The summed E-state index contributed by atoms with van der Waals surface area (Å²) in [5.74, 6) is 0. The van der Waals surface area contributed by atoms with Crippen LogP contribution in [0.5, 0.6) is 0 Å². The molecule has 0 spiro atoms. The van der Waals surface area contributed by atoms with E-state index in [0.29, 0.717) is 6.61 Å². The zero-order chi connectivity index (χ0) is 13.4. The van der Waals surface area contributed by atoms with E-state index in [4.69, 9.17) is 9.72 Å². The number of nitrogens with one attached hydrogen (secondary N) is 1. The fraction of sp³-hybridized carbons (Fsp3) is 0.357. The van der Waals surface area contributed by atoms with Crippen molar-refractivity contribution >= 4 is 48.5 Å². The van der Waals surface area contributed by atoms with Crippen molar-refractivity contribution in [2.45, 2.75) is 20.0 Å². The summed E-state index contributed by atoms with van der Waals surface area (Å²) >= 11 is 7.24. The second-order valence-corrected chi connectivity index (χ2v) is 6.21. The highest BCUT2D eigenvalue weighted by Crippen LogP contribution is 2.38. The quantitative estimate of drug-likeness (QED) is 0.838. The van der Waals surface area contributed by atoms with Crippen molar-refractivity contribution in [3.05, 3.63) is 32.3 Å². The minimum atomic E-state index is 0.638. The van der Waals surface area contributed by atoms with Gasteiger partial charge < -0.3 is 10.1 Å². The summed E-state index contributed by atoms with van der Waals surface area (Å²) in [6.07, 6.45) is 0.878. The molecule has 1 N–H and O–H groups in total. The number of hydrogen-bond donors (Lipinski definition) is 1. The van der Waals surface area contributed by atoms with Gasteiger partial charge in [0, 0.05) is 32.9 Å². The highest BCUT2D eigenvalue weighted by molar-refractivity contribution is 9.11. The van der Waals surface area contributed by atoms with Crippen LogP contribution in [-0.4, -0.2) is 18.1 Å². The lowest BCUT2D eigenvalue weighted by Crippen LogP contribution is -2.15. The van der Waals surface area contributed by atoms with Crippen LogP contribution in [0.1, 0.15) is 18.2 Å². The van der Waals surface area contributed by atoms with Crippen molar-refractivity contribution in [3.63, 3.8) is 0 Å². The van der Waals surface area contributed by atoms with Gasteiger partial charge in [0.15, 0.2) is 0 Å². The SMILES string of the molecule is CCNc1c2c(nc3c(Br)ccc(Br)c13)CCOC2. The molecule has 1 aromatic heterocycles. The minimum Gasteiger partial charge on any atom is -0.384 e. The van der Waals surface area contributed by atoms with E-state index < -0.39 is 0 Å². The maximum absolute atomic E-state index is 5.59. The smallest absolute Gasteiger partial charge is 0.0879 e. The topological polar surface area (TPSA) is 34.2 Å². The Morgan fingerprint density at radius 2 is 2.11 bits per heavy atom. The molecule has 19 heavy (non-hydrogen) atoms. The summed E-state index contributed by atoms with van der Waals surface area (Å²) in [6.45, 7) is 4.38. The lowest BCUT2D eigenvalue weighted by molar-refractivity contribution is 0.110. The van der Waals surface area contributed by atoms with E-state index in [1.165, 1.54) is 5.56 Å². The highest BCUT2D eigenvalue weighted by atomic mass is 79.9. The first-order chi connectivity index (χ1) is 9.22. The standard InChI is InChI=1S/C14H14Br2N2O/c1-2-17-13-8-7-19-6-5-11(8)18-14-10(16)4-3-9(15)12(13)14/h3-4H,2,5-7H2,1H3,(H,17,18). The maximum Gasteiger partial charge on any atom is 0.0879 e. The Balaban J connectivity index is 2.39. The van der Waals surface area contributed by atoms with Crippen molar-refractivity contribution in [2.24, 2.45) is 0 Å². The van der Waals surface area contributed by atoms with Gasteiger partial charge in [-0.2, -0.15) is 0 Å². The number of fused-ring (bicyclic) bond motifs is 2. The third-order valence-corrected chi connectivity index (χ3v) is 4.61. The van der Waals surface area contributed by atoms with Crippen molar-refractivity contribution in [1.82, 2.24) is 4.98 Å². The molecule has 0 fully saturated rings. The van der Waals surface area contributed by atoms with Crippen LogP contribution in [0.4, 0.5) is 5.69 Å². The van der Waals surface area contributed by atoms with Crippen LogP contribution >= 0.6 is 31.9 Å². The fourth-order valence-corrected chi connectivity index (χ4v) is 3.40. The van der Waals surface area contributed by atoms with E-state index in [2.05, 4.69) is 44.1 Å². The Morgan fingerprint density at radius 3 is 2.89 bits per heavy atom. The number of hydrogen-bond acceptors (Lipinski definition) is 3. The minimum absolute atomic E-state index is 0.638. The number of benzene rings is 1. The normalized spacial score (nSPS) is 14.5. The van der Waals surface area contributed by atoms with Crippen LogP contribution in [0.15, 0.2) is 21.1 Å². The number of rotatable bonds is 2. The van der Waals surface area contributed by atoms with Gasteiger partial charge in [0.2, 0.25) is 0 Å². The molecular weight excluding hydrogens is 372 g/mol. The van der Waals surface area contributed by atoms with E-state index in [0.717, 1.165) is 50.8 Å². The largest absolute Gasteiger partial charge is 0.384 e. The number of nitrogens with zero attached hydrogens (tertiary/aromatic N) is 1. The average Bonchev–Trinajstić information content (AvgIpc) is 2.43. The van der Waals surface area contributed by atoms with Gasteiger partial charge in [0.05, 0.1) is 30.1 Å². The van der Waals surface area contributed by atoms with Crippen LogP contribution in [0, 0.1) is 0 Å². The van der Waals surface area contributed by atoms with Crippen molar-refractivity contribution in [2.75, 3.05) is 18.5 Å². The molecule has 1 aliphatic heterocycles. The number of pyridine rings is 1. The second kappa shape index (κ2) is 5.38. The fourth-order valence-electron chi connectivity index (χ4n) is 2.46. The van der Waals surface area contributed by atoms with Crippen LogP contribution < -0.4 is 5.32 Å². The molecule has 0 amide bonds. The van der Waals surface area contributed by atoms with Crippen molar-refractivity contribution in [1.29, 1.82) is 0 Å². The molecule has 2 heterocycles. The first kappa shape index (κ1) is 13.3. The lowest BCUT2D eigenvalue weighted by atomic mass is 10.0. The van der Waals surface area contributed by atoms with E-state index in [-0.39, 0.29) is 0 Å². The molecule has 0 radical (unpaired) electrons. The monoisotopic (exact) mass is 384 g/mol. The van der Waals surface area contributed by atoms with Crippen LogP contribution in [0.2, 0.25) is 0 Å². The maximum atomic E-state index is 5.59. The van der Waals surface area contributed by atoms with E-state index in [9.17, 15) is 0 Å². The Bertz CT molecular complexity index is 643. The van der Waals surface area contributed by atoms with Gasteiger partial charge >= 0.3 is 0 Å². The van der Waals surface area contributed by atoms with Gasteiger partial charge in [-0.25, -0.2) is 0 Å². The summed E-state index contributed by atoms with van der Waals surface area (Å²) in [6, 6.07) is 4.08. The van der Waals surface area contributed by atoms with Gasteiger partial charge in [0.1, 0.15) is 0 Å². The van der Waals surface area contributed by atoms with Crippen LogP contribution in [0.25, 0.3) is 10.9 Å². The number of anilines is 1. The Hall–Kier alpha value is -0.650. The van der Waals surface area contributed by atoms with Crippen molar-refractivity contribution in [3.8, 4) is 0 Å². The summed E-state index contributed by atoms with van der Waals surface area (Å²) in [5, 5.41) is 4.60. The molecule has 0 atom stereocenters. The molecule has 3 nitrogen and oxygen atoms in total. The molecular formula is C14H14Br2N2O. The molecule has 0 saturated carbocycles. The molecule has 0 bridgehead atoms. The third-order valence-electron chi connectivity index (χ3n) is 3.31. The zero-order valence-corrected chi connectivity index (χ0v) is 13.8. The molecule has 3 rings (SSSR count). The van der Waals surface area contributed by atoms with Crippen LogP contribution in [-0.2, 0) is 17.8 Å². The Morgan fingerprint density at radius 1 is 1.32 bits per heavy atom. The summed E-state index contributed by atoms with van der Waals surface area (Å²) in [7, 11) is 0. The second-order valence-electron chi connectivity index (χ2n) is 4.50. The molecule has 2 aromatic rings. The highest BCUT2D eigenvalue weighted by Gasteiger charge is 2.20. The van der Waals surface area contributed by atoms with Gasteiger partial charge in [-0.05, 0) is 35.0 Å². The number of ether oxygens (including phenoxy) is 1.